The molecule has 1 aromatic heterocycles. The molecule has 1 heterocycles. The standard InChI is InChI=1S/C15H15ClN2O/c1-2-14-17-13(16)11-15(19)18(14)10-6-9-12-7-4-3-5-8-12/h3-9,11H,2,10H2,1H3/b9-6+. The number of hydrogen-bond acceptors (Lipinski definition) is 2. The Morgan fingerprint density at radius 1 is 1.32 bits per heavy atom. The molecular formula is C15H15ClN2O. The molecule has 0 unspecified atom stereocenters. The normalized spacial score (nSPS) is 11.1. The topological polar surface area (TPSA) is 34.9 Å². The summed E-state index contributed by atoms with van der Waals surface area (Å²) in [6.45, 7) is 2.45. The van der Waals surface area contributed by atoms with Gasteiger partial charge in [0.2, 0.25) is 0 Å². The fourth-order valence-electron chi connectivity index (χ4n) is 1.85. The monoisotopic (exact) mass is 274 g/mol. The van der Waals surface area contributed by atoms with Crippen LogP contribution < -0.4 is 5.56 Å². The van der Waals surface area contributed by atoms with Crippen molar-refractivity contribution in [1.29, 1.82) is 0 Å². The quantitative estimate of drug-likeness (QED) is 0.803. The molecule has 1 aromatic carbocycles. The van der Waals surface area contributed by atoms with Crippen LogP contribution in [-0.2, 0) is 13.0 Å². The fourth-order valence-corrected chi connectivity index (χ4v) is 2.04. The number of rotatable bonds is 4. The van der Waals surface area contributed by atoms with Crippen molar-refractivity contribution in [3.63, 3.8) is 0 Å². The summed E-state index contributed by atoms with van der Waals surface area (Å²) in [5.41, 5.74) is 0.991. The van der Waals surface area contributed by atoms with E-state index in [2.05, 4.69) is 4.98 Å². The number of aromatic nitrogens is 2. The number of benzene rings is 1. The van der Waals surface area contributed by atoms with Gasteiger partial charge in [-0.1, -0.05) is 61.0 Å². The third-order valence-corrected chi connectivity index (χ3v) is 2.96. The van der Waals surface area contributed by atoms with Crippen molar-refractivity contribution in [2.75, 3.05) is 0 Å². The Morgan fingerprint density at radius 3 is 2.74 bits per heavy atom. The molecule has 2 aromatic rings. The van der Waals surface area contributed by atoms with E-state index in [9.17, 15) is 4.79 Å². The molecule has 98 valence electrons. The first-order valence-electron chi connectivity index (χ1n) is 6.18. The largest absolute Gasteiger partial charge is 0.293 e. The molecule has 19 heavy (non-hydrogen) atoms. The zero-order chi connectivity index (χ0) is 13.7. The molecule has 0 radical (unpaired) electrons. The summed E-state index contributed by atoms with van der Waals surface area (Å²) in [5.74, 6) is 0.704. The van der Waals surface area contributed by atoms with Crippen LogP contribution in [0.3, 0.4) is 0 Å². The molecule has 0 amide bonds. The SMILES string of the molecule is CCc1nc(Cl)cc(=O)n1C/C=C/c1ccccc1. The van der Waals surface area contributed by atoms with E-state index in [4.69, 9.17) is 11.6 Å². The first-order chi connectivity index (χ1) is 9.20. The zero-order valence-electron chi connectivity index (χ0n) is 10.7. The molecule has 0 saturated carbocycles. The summed E-state index contributed by atoms with van der Waals surface area (Å²) in [4.78, 5) is 16.0. The lowest BCUT2D eigenvalue weighted by molar-refractivity contribution is 0.688. The number of aryl methyl sites for hydroxylation is 1. The first-order valence-corrected chi connectivity index (χ1v) is 6.56. The minimum Gasteiger partial charge on any atom is -0.293 e. The third kappa shape index (κ3) is 3.55. The van der Waals surface area contributed by atoms with Crippen molar-refractivity contribution in [2.24, 2.45) is 0 Å². The molecule has 0 aliphatic carbocycles. The maximum absolute atomic E-state index is 11.9. The van der Waals surface area contributed by atoms with Crippen molar-refractivity contribution >= 4 is 17.7 Å². The van der Waals surface area contributed by atoms with Crippen LogP contribution in [0.4, 0.5) is 0 Å². The van der Waals surface area contributed by atoms with Crippen LogP contribution in [0.2, 0.25) is 5.15 Å². The summed E-state index contributed by atoms with van der Waals surface area (Å²) in [7, 11) is 0. The number of hydrogen-bond donors (Lipinski definition) is 0. The molecule has 0 fully saturated rings. The summed E-state index contributed by atoms with van der Waals surface area (Å²) in [5, 5.41) is 0.255. The summed E-state index contributed by atoms with van der Waals surface area (Å²) in [6.07, 6.45) is 4.61. The van der Waals surface area contributed by atoms with E-state index < -0.39 is 0 Å². The molecule has 0 saturated heterocycles. The Kier molecular flexibility index (Phi) is 4.53. The van der Waals surface area contributed by atoms with E-state index >= 15 is 0 Å². The van der Waals surface area contributed by atoms with E-state index in [1.54, 1.807) is 4.57 Å². The molecule has 2 rings (SSSR count). The van der Waals surface area contributed by atoms with Crippen LogP contribution in [0, 0.1) is 0 Å². The molecule has 0 N–H and O–H groups in total. The molecule has 4 heteroatoms. The molecule has 0 atom stereocenters. The van der Waals surface area contributed by atoms with Gasteiger partial charge in [-0.3, -0.25) is 9.36 Å². The van der Waals surface area contributed by atoms with Crippen molar-refractivity contribution in [1.82, 2.24) is 9.55 Å². The minimum absolute atomic E-state index is 0.116. The van der Waals surface area contributed by atoms with Gasteiger partial charge in [-0.15, -0.1) is 0 Å². The fraction of sp³-hybridized carbons (Fsp3) is 0.200. The smallest absolute Gasteiger partial charge is 0.255 e. The van der Waals surface area contributed by atoms with Crippen molar-refractivity contribution < 1.29 is 0 Å². The van der Waals surface area contributed by atoms with Gasteiger partial charge in [0, 0.05) is 19.0 Å². The molecule has 3 nitrogen and oxygen atoms in total. The molecule has 0 aliphatic rings. The van der Waals surface area contributed by atoms with Gasteiger partial charge in [-0.25, -0.2) is 4.98 Å². The van der Waals surface area contributed by atoms with E-state index in [0.717, 1.165) is 5.56 Å². The molecule has 0 spiro atoms. The average molecular weight is 275 g/mol. The lowest BCUT2D eigenvalue weighted by Gasteiger charge is -2.08. The van der Waals surface area contributed by atoms with E-state index in [0.29, 0.717) is 18.8 Å². The van der Waals surface area contributed by atoms with Crippen molar-refractivity contribution in [3.8, 4) is 0 Å². The summed E-state index contributed by atoms with van der Waals surface area (Å²) < 4.78 is 1.63. The van der Waals surface area contributed by atoms with Crippen molar-refractivity contribution in [2.45, 2.75) is 19.9 Å². The van der Waals surface area contributed by atoms with Gasteiger partial charge in [0.05, 0.1) is 0 Å². The van der Waals surface area contributed by atoms with Gasteiger partial charge < -0.3 is 0 Å². The van der Waals surface area contributed by atoms with Crippen LogP contribution >= 0.6 is 11.6 Å². The number of allylic oxidation sites excluding steroid dienone is 1. The Labute approximate surface area is 117 Å². The van der Waals surface area contributed by atoms with E-state index in [1.807, 2.05) is 49.4 Å². The first kappa shape index (κ1) is 13.6. The van der Waals surface area contributed by atoms with Gasteiger partial charge in [0.15, 0.2) is 0 Å². The highest BCUT2D eigenvalue weighted by Crippen LogP contribution is 2.05. The van der Waals surface area contributed by atoms with Gasteiger partial charge in [0.25, 0.3) is 5.56 Å². The Morgan fingerprint density at radius 2 is 2.05 bits per heavy atom. The van der Waals surface area contributed by atoms with Crippen molar-refractivity contribution in [3.05, 3.63) is 69.4 Å². The van der Waals surface area contributed by atoms with Gasteiger partial charge in [0.1, 0.15) is 11.0 Å². The second-order valence-corrected chi connectivity index (χ2v) is 4.50. The summed E-state index contributed by atoms with van der Waals surface area (Å²) in [6, 6.07) is 11.3. The average Bonchev–Trinajstić information content (AvgIpc) is 2.42. The third-order valence-electron chi connectivity index (χ3n) is 2.77. The Hall–Kier alpha value is -1.87. The predicted molar refractivity (Wildman–Crippen MR) is 78.4 cm³/mol. The van der Waals surface area contributed by atoms with Gasteiger partial charge in [-0.05, 0) is 5.56 Å². The maximum Gasteiger partial charge on any atom is 0.255 e. The van der Waals surface area contributed by atoms with Crippen LogP contribution in [0.1, 0.15) is 18.3 Å². The second-order valence-electron chi connectivity index (χ2n) is 4.11. The maximum atomic E-state index is 11.9. The highest BCUT2D eigenvalue weighted by atomic mass is 35.5. The second kappa shape index (κ2) is 6.34. The zero-order valence-corrected chi connectivity index (χ0v) is 11.5. The highest BCUT2D eigenvalue weighted by Gasteiger charge is 2.04. The lowest BCUT2D eigenvalue weighted by Crippen LogP contribution is -2.23. The van der Waals surface area contributed by atoms with Crippen LogP contribution in [0.25, 0.3) is 6.08 Å². The van der Waals surface area contributed by atoms with Crippen LogP contribution in [0.15, 0.2) is 47.3 Å². The number of halogens is 1. The molecule has 0 aliphatic heterocycles. The van der Waals surface area contributed by atoms with Gasteiger partial charge in [-0.2, -0.15) is 0 Å². The van der Waals surface area contributed by atoms with Crippen LogP contribution in [-0.4, -0.2) is 9.55 Å². The van der Waals surface area contributed by atoms with E-state index in [1.165, 1.54) is 6.07 Å². The predicted octanol–water partition coefficient (Wildman–Crippen LogP) is 3.17. The van der Waals surface area contributed by atoms with Gasteiger partial charge >= 0.3 is 0 Å². The minimum atomic E-state index is -0.116. The van der Waals surface area contributed by atoms with E-state index in [-0.39, 0.29) is 10.7 Å². The highest BCUT2D eigenvalue weighted by molar-refractivity contribution is 6.29. The number of nitrogens with zero attached hydrogens (tertiary/aromatic N) is 2. The summed E-state index contributed by atoms with van der Waals surface area (Å²) >= 11 is 5.79. The van der Waals surface area contributed by atoms with Crippen LogP contribution in [0.5, 0.6) is 0 Å². The molecular weight excluding hydrogens is 260 g/mol. The molecule has 0 bridgehead atoms. The lowest BCUT2D eigenvalue weighted by atomic mass is 10.2. The Bertz CT molecular complexity index is 632. The Balaban J connectivity index is 2.20.